The molecule has 114 valence electrons. The Kier molecular flexibility index (Phi) is 5.14. The van der Waals surface area contributed by atoms with E-state index in [-0.39, 0.29) is 17.6 Å². The van der Waals surface area contributed by atoms with Crippen molar-refractivity contribution in [2.24, 2.45) is 0 Å². The summed E-state index contributed by atoms with van der Waals surface area (Å²) in [7, 11) is 0. The molecule has 1 saturated heterocycles. The van der Waals surface area contributed by atoms with Gasteiger partial charge >= 0.3 is 0 Å². The molecule has 0 unspecified atom stereocenters. The van der Waals surface area contributed by atoms with Crippen molar-refractivity contribution in [2.45, 2.75) is 38.3 Å². The SMILES string of the molecule is C[C@@H](Oc1ccc(F)cc1)C(=O)N[C@H]1CCCCNC1=O. The van der Waals surface area contributed by atoms with Crippen LogP contribution in [-0.2, 0) is 9.59 Å². The number of ether oxygens (including phenoxy) is 1. The van der Waals surface area contributed by atoms with Crippen LogP contribution in [-0.4, -0.2) is 30.5 Å². The first-order chi connectivity index (χ1) is 10.1. The minimum atomic E-state index is -0.758. The van der Waals surface area contributed by atoms with E-state index in [1.54, 1.807) is 6.92 Å². The molecule has 0 radical (unpaired) electrons. The lowest BCUT2D eigenvalue weighted by Crippen LogP contribution is -2.49. The lowest BCUT2D eigenvalue weighted by Gasteiger charge is -2.19. The summed E-state index contributed by atoms with van der Waals surface area (Å²) in [6.45, 7) is 2.24. The molecule has 2 N–H and O–H groups in total. The van der Waals surface area contributed by atoms with Gasteiger partial charge in [0.15, 0.2) is 6.10 Å². The first-order valence-electron chi connectivity index (χ1n) is 7.06. The molecular formula is C15H19FN2O3. The van der Waals surface area contributed by atoms with Crippen LogP contribution in [0, 0.1) is 5.82 Å². The highest BCUT2D eigenvalue weighted by molar-refractivity contribution is 5.89. The van der Waals surface area contributed by atoms with Gasteiger partial charge in [-0.15, -0.1) is 0 Å². The largest absolute Gasteiger partial charge is 0.481 e. The van der Waals surface area contributed by atoms with Gasteiger partial charge < -0.3 is 15.4 Å². The highest BCUT2D eigenvalue weighted by Gasteiger charge is 2.25. The van der Waals surface area contributed by atoms with E-state index in [0.29, 0.717) is 18.7 Å². The fraction of sp³-hybridized carbons (Fsp3) is 0.467. The van der Waals surface area contributed by atoms with Crippen LogP contribution in [0.3, 0.4) is 0 Å². The normalized spacial score (nSPS) is 20.1. The molecule has 0 saturated carbocycles. The van der Waals surface area contributed by atoms with Crippen molar-refractivity contribution in [1.29, 1.82) is 0 Å². The summed E-state index contributed by atoms with van der Waals surface area (Å²) in [6.07, 6.45) is 1.67. The number of hydrogen-bond acceptors (Lipinski definition) is 3. The number of carbonyl (C=O) groups is 2. The fourth-order valence-electron chi connectivity index (χ4n) is 2.14. The molecule has 1 heterocycles. The van der Waals surface area contributed by atoms with Crippen LogP contribution in [0.25, 0.3) is 0 Å². The second-order valence-electron chi connectivity index (χ2n) is 5.06. The number of halogens is 1. The molecule has 6 heteroatoms. The molecule has 1 fully saturated rings. The molecule has 0 aliphatic carbocycles. The number of amides is 2. The molecule has 1 aromatic carbocycles. The van der Waals surface area contributed by atoms with Gasteiger partial charge in [0.25, 0.3) is 5.91 Å². The van der Waals surface area contributed by atoms with E-state index in [1.165, 1.54) is 24.3 Å². The number of carbonyl (C=O) groups excluding carboxylic acids is 2. The quantitative estimate of drug-likeness (QED) is 0.881. The van der Waals surface area contributed by atoms with Crippen molar-refractivity contribution in [1.82, 2.24) is 10.6 Å². The fourth-order valence-corrected chi connectivity index (χ4v) is 2.14. The zero-order chi connectivity index (χ0) is 15.2. The summed E-state index contributed by atoms with van der Waals surface area (Å²) in [4.78, 5) is 23.8. The van der Waals surface area contributed by atoms with E-state index in [9.17, 15) is 14.0 Å². The summed E-state index contributed by atoms with van der Waals surface area (Å²) in [5.41, 5.74) is 0. The van der Waals surface area contributed by atoms with Gasteiger partial charge in [-0.1, -0.05) is 0 Å². The third-order valence-electron chi connectivity index (χ3n) is 3.35. The maximum absolute atomic E-state index is 12.8. The van der Waals surface area contributed by atoms with Crippen molar-refractivity contribution in [3.8, 4) is 5.75 Å². The van der Waals surface area contributed by atoms with Crippen LogP contribution in [0.4, 0.5) is 4.39 Å². The molecular weight excluding hydrogens is 275 g/mol. The summed E-state index contributed by atoms with van der Waals surface area (Å²) < 4.78 is 18.2. The Morgan fingerprint density at radius 3 is 2.81 bits per heavy atom. The topological polar surface area (TPSA) is 67.4 Å². The summed E-state index contributed by atoms with van der Waals surface area (Å²) in [5.74, 6) is -0.477. The van der Waals surface area contributed by atoms with Crippen LogP contribution in [0.1, 0.15) is 26.2 Å². The molecule has 5 nitrogen and oxygen atoms in total. The molecule has 2 amide bonds. The Labute approximate surface area is 122 Å². The maximum atomic E-state index is 12.8. The Hall–Kier alpha value is -2.11. The Morgan fingerprint density at radius 2 is 2.10 bits per heavy atom. The highest BCUT2D eigenvalue weighted by Crippen LogP contribution is 2.13. The molecule has 0 spiro atoms. The number of hydrogen-bond donors (Lipinski definition) is 2. The lowest BCUT2D eigenvalue weighted by atomic mass is 10.1. The number of benzene rings is 1. The molecule has 2 rings (SSSR count). The monoisotopic (exact) mass is 294 g/mol. The zero-order valence-electron chi connectivity index (χ0n) is 11.9. The van der Waals surface area contributed by atoms with E-state index in [0.717, 1.165) is 12.8 Å². The van der Waals surface area contributed by atoms with Crippen LogP contribution in [0.2, 0.25) is 0 Å². The third kappa shape index (κ3) is 4.44. The van der Waals surface area contributed by atoms with Gasteiger partial charge in [0.1, 0.15) is 17.6 Å². The summed E-state index contributed by atoms with van der Waals surface area (Å²) in [5, 5.41) is 5.45. The molecule has 2 atom stereocenters. The lowest BCUT2D eigenvalue weighted by molar-refractivity contribution is -0.132. The molecule has 0 bridgehead atoms. The summed E-state index contributed by atoms with van der Waals surface area (Å²) in [6, 6.07) is 4.92. The zero-order valence-corrected chi connectivity index (χ0v) is 11.9. The molecule has 1 aliphatic heterocycles. The van der Waals surface area contributed by atoms with E-state index < -0.39 is 12.1 Å². The van der Waals surface area contributed by atoms with Gasteiger partial charge in [0, 0.05) is 6.54 Å². The average Bonchev–Trinajstić information content (AvgIpc) is 2.66. The van der Waals surface area contributed by atoms with Gasteiger partial charge in [-0.3, -0.25) is 9.59 Å². The predicted molar refractivity (Wildman–Crippen MR) is 75.3 cm³/mol. The number of nitrogens with one attached hydrogen (secondary N) is 2. The molecule has 1 aromatic rings. The van der Waals surface area contributed by atoms with Gasteiger partial charge in [0.2, 0.25) is 5.91 Å². The Balaban J connectivity index is 1.89. The van der Waals surface area contributed by atoms with Crippen LogP contribution in [0.15, 0.2) is 24.3 Å². The van der Waals surface area contributed by atoms with E-state index in [4.69, 9.17) is 4.74 Å². The van der Waals surface area contributed by atoms with Crippen LogP contribution >= 0.6 is 0 Å². The van der Waals surface area contributed by atoms with E-state index >= 15 is 0 Å². The smallest absolute Gasteiger partial charge is 0.261 e. The van der Waals surface area contributed by atoms with Gasteiger partial charge in [0.05, 0.1) is 0 Å². The molecule has 1 aliphatic rings. The van der Waals surface area contributed by atoms with Crippen LogP contribution < -0.4 is 15.4 Å². The van der Waals surface area contributed by atoms with Gasteiger partial charge in [-0.05, 0) is 50.5 Å². The second kappa shape index (κ2) is 7.06. The van der Waals surface area contributed by atoms with E-state index in [1.807, 2.05) is 0 Å². The van der Waals surface area contributed by atoms with Gasteiger partial charge in [-0.2, -0.15) is 0 Å². The van der Waals surface area contributed by atoms with E-state index in [2.05, 4.69) is 10.6 Å². The van der Waals surface area contributed by atoms with Crippen molar-refractivity contribution in [3.05, 3.63) is 30.1 Å². The Bertz CT molecular complexity index is 504. The number of rotatable bonds is 4. The molecule has 21 heavy (non-hydrogen) atoms. The predicted octanol–water partition coefficient (Wildman–Crippen LogP) is 1.38. The Morgan fingerprint density at radius 1 is 1.38 bits per heavy atom. The van der Waals surface area contributed by atoms with Crippen molar-refractivity contribution >= 4 is 11.8 Å². The summed E-state index contributed by atoms with van der Waals surface area (Å²) >= 11 is 0. The average molecular weight is 294 g/mol. The minimum Gasteiger partial charge on any atom is -0.481 e. The standard InChI is InChI=1S/C15H19FN2O3/c1-10(21-12-7-5-11(16)6-8-12)14(19)18-13-4-2-3-9-17-15(13)20/h5-8,10,13H,2-4,9H2,1H3,(H,17,20)(H,18,19)/t10-,13+/m1/s1. The first kappa shape index (κ1) is 15.3. The second-order valence-corrected chi connectivity index (χ2v) is 5.06. The van der Waals surface area contributed by atoms with Crippen molar-refractivity contribution in [3.63, 3.8) is 0 Å². The highest BCUT2D eigenvalue weighted by atomic mass is 19.1. The van der Waals surface area contributed by atoms with Crippen LogP contribution in [0.5, 0.6) is 5.75 Å². The van der Waals surface area contributed by atoms with Crippen molar-refractivity contribution in [2.75, 3.05) is 6.54 Å². The maximum Gasteiger partial charge on any atom is 0.261 e. The van der Waals surface area contributed by atoms with Crippen molar-refractivity contribution < 1.29 is 18.7 Å². The van der Waals surface area contributed by atoms with Gasteiger partial charge in [-0.25, -0.2) is 4.39 Å². The molecule has 0 aromatic heterocycles. The minimum absolute atomic E-state index is 0.158. The third-order valence-corrected chi connectivity index (χ3v) is 3.35. The first-order valence-corrected chi connectivity index (χ1v) is 7.06.